The Hall–Kier alpha value is -1.73. The maximum absolute atomic E-state index is 9.80. The summed E-state index contributed by atoms with van der Waals surface area (Å²) < 4.78 is 4.97. The van der Waals surface area contributed by atoms with Crippen molar-refractivity contribution in [2.24, 2.45) is 5.73 Å². The minimum Gasteiger partial charge on any atom is -0.504 e. The number of aromatic hydroxyl groups is 1. The van der Waals surface area contributed by atoms with E-state index in [1.165, 1.54) is 13.2 Å². The monoisotopic (exact) mass is 206 g/mol. The van der Waals surface area contributed by atoms with Crippen molar-refractivity contribution < 1.29 is 9.84 Å². The zero-order valence-corrected chi connectivity index (χ0v) is 8.82. The number of nitrogens with zero attached hydrogens (tertiary/aromatic N) is 1. The molecule has 0 bridgehead atoms. The molecule has 1 rings (SSSR count). The van der Waals surface area contributed by atoms with Gasteiger partial charge in [-0.15, -0.1) is 0 Å². The van der Waals surface area contributed by atoms with Crippen LogP contribution < -0.4 is 10.5 Å². The number of hydrogen-bond donors (Lipinski definition) is 2. The molecule has 4 nitrogen and oxygen atoms in total. The van der Waals surface area contributed by atoms with Gasteiger partial charge in [0.15, 0.2) is 11.5 Å². The number of benzene rings is 1. The molecule has 15 heavy (non-hydrogen) atoms. The van der Waals surface area contributed by atoms with Crippen LogP contribution in [0.2, 0.25) is 0 Å². The van der Waals surface area contributed by atoms with Gasteiger partial charge in [-0.2, -0.15) is 5.26 Å². The number of rotatable bonds is 3. The highest BCUT2D eigenvalue weighted by Gasteiger charge is 2.15. The minimum absolute atomic E-state index is 0.0193. The molecule has 4 heteroatoms. The Labute approximate surface area is 88.9 Å². The van der Waals surface area contributed by atoms with Gasteiger partial charge in [0.05, 0.1) is 18.7 Å². The standard InChI is InChI=1S/C11H14N2O2/c1-3-9(13)8-4-7(6-12)5-10(15-2)11(8)14/h4-5,9,14H,3,13H2,1-2H3/t9-/m0/s1. The van der Waals surface area contributed by atoms with Crippen molar-refractivity contribution in [3.8, 4) is 17.6 Å². The van der Waals surface area contributed by atoms with E-state index < -0.39 is 0 Å². The van der Waals surface area contributed by atoms with Crippen molar-refractivity contribution in [1.82, 2.24) is 0 Å². The number of phenols is 1. The quantitative estimate of drug-likeness (QED) is 0.788. The maximum Gasteiger partial charge on any atom is 0.162 e. The van der Waals surface area contributed by atoms with E-state index in [9.17, 15) is 5.11 Å². The van der Waals surface area contributed by atoms with E-state index in [2.05, 4.69) is 0 Å². The topological polar surface area (TPSA) is 79.3 Å². The summed E-state index contributed by atoms with van der Waals surface area (Å²) in [6.07, 6.45) is 0.686. The van der Waals surface area contributed by atoms with E-state index in [0.717, 1.165) is 0 Å². The third-order valence-electron chi connectivity index (χ3n) is 2.29. The Bertz CT molecular complexity index is 396. The SMILES string of the molecule is CC[C@H](N)c1cc(C#N)cc(OC)c1O. The summed E-state index contributed by atoms with van der Waals surface area (Å²) in [4.78, 5) is 0. The molecule has 0 aliphatic heterocycles. The fourth-order valence-electron chi connectivity index (χ4n) is 1.35. The first kappa shape index (κ1) is 11.3. The minimum atomic E-state index is -0.285. The summed E-state index contributed by atoms with van der Waals surface area (Å²) in [7, 11) is 1.44. The lowest BCUT2D eigenvalue weighted by Gasteiger charge is -2.14. The van der Waals surface area contributed by atoms with E-state index in [1.807, 2.05) is 13.0 Å². The van der Waals surface area contributed by atoms with Gasteiger partial charge < -0.3 is 15.6 Å². The molecule has 3 N–H and O–H groups in total. The molecule has 1 aromatic rings. The predicted molar refractivity (Wildman–Crippen MR) is 56.6 cm³/mol. The first-order chi connectivity index (χ1) is 7.13. The molecule has 0 unspecified atom stereocenters. The number of ether oxygens (including phenoxy) is 1. The van der Waals surface area contributed by atoms with Crippen LogP contribution in [-0.4, -0.2) is 12.2 Å². The molecule has 1 atom stereocenters. The van der Waals surface area contributed by atoms with E-state index in [0.29, 0.717) is 17.5 Å². The van der Waals surface area contributed by atoms with E-state index in [4.69, 9.17) is 15.7 Å². The third kappa shape index (κ3) is 2.20. The van der Waals surface area contributed by atoms with Gasteiger partial charge in [-0.25, -0.2) is 0 Å². The molecule has 0 saturated heterocycles. The lowest BCUT2D eigenvalue weighted by molar-refractivity contribution is 0.368. The average Bonchev–Trinajstić information content (AvgIpc) is 2.28. The summed E-state index contributed by atoms with van der Waals surface area (Å²) in [6, 6.07) is 4.79. The highest BCUT2D eigenvalue weighted by atomic mass is 16.5. The van der Waals surface area contributed by atoms with Gasteiger partial charge >= 0.3 is 0 Å². The van der Waals surface area contributed by atoms with E-state index in [-0.39, 0.29) is 17.5 Å². The van der Waals surface area contributed by atoms with Crippen molar-refractivity contribution in [2.45, 2.75) is 19.4 Å². The van der Waals surface area contributed by atoms with Crippen LogP contribution in [-0.2, 0) is 0 Å². The highest BCUT2D eigenvalue weighted by molar-refractivity contribution is 5.52. The Morgan fingerprint density at radius 3 is 2.73 bits per heavy atom. The lowest BCUT2D eigenvalue weighted by Crippen LogP contribution is -2.09. The van der Waals surface area contributed by atoms with E-state index in [1.54, 1.807) is 6.07 Å². The van der Waals surface area contributed by atoms with Crippen molar-refractivity contribution in [1.29, 1.82) is 5.26 Å². The number of phenolic OH excluding ortho intramolecular Hbond substituents is 1. The van der Waals surface area contributed by atoms with Crippen LogP contribution in [0.15, 0.2) is 12.1 Å². The molecule has 0 heterocycles. The van der Waals surface area contributed by atoms with Crippen LogP contribution in [0.3, 0.4) is 0 Å². The second kappa shape index (κ2) is 4.67. The maximum atomic E-state index is 9.80. The molecule has 0 saturated carbocycles. The smallest absolute Gasteiger partial charge is 0.162 e. The second-order valence-electron chi connectivity index (χ2n) is 3.24. The molecule has 0 spiro atoms. The molecule has 0 fully saturated rings. The van der Waals surface area contributed by atoms with Gasteiger partial charge in [0.2, 0.25) is 0 Å². The molecule has 0 aliphatic rings. The first-order valence-electron chi connectivity index (χ1n) is 4.70. The van der Waals surface area contributed by atoms with Crippen molar-refractivity contribution >= 4 is 0 Å². The summed E-state index contributed by atoms with van der Waals surface area (Å²) in [6.45, 7) is 1.91. The van der Waals surface area contributed by atoms with Crippen molar-refractivity contribution in [3.05, 3.63) is 23.3 Å². The van der Waals surface area contributed by atoms with Crippen LogP contribution in [0.4, 0.5) is 0 Å². The molecule has 80 valence electrons. The largest absolute Gasteiger partial charge is 0.504 e. The van der Waals surface area contributed by atoms with Gasteiger partial charge in [-0.05, 0) is 12.5 Å². The summed E-state index contributed by atoms with van der Waals surface area (Å²) in [5.41, 5.74) is 6.80. The van der Waals surface area contributed by atoms with Crippen LogP contribution in [0.5, 0.6) is 11.5 Å². The Morgan fingerprint density at radius 2 is 2.27 bits per heavy atom. The predicted octanol–water partition coefficient (Wildman–Crippen LogP) is 1.68. The van der Waals surface area contributed by atoms with Gasteiger partial charge in [0.25, 0.3) is 0 Å². The second-order valence-corrected chi connectivity index (χ2v) is 3.24. The first-order valence-corrected chi connectivity index (χ1v) is 4.70. The van der Waals surface area contributed by atoms with Crippen LogP contribution in [0, 0.1) is 11.3 Å². The number of nitriles is 1. The lowest BCUT2D eigenvalue weighted by atomic mass is 10.0. The summed E-state index contributed by atoms with van der Waals surface area (Å²) in [5.74, 6) is 0.304. The Morgan fingerprint density at radius 1 is 1.60 bits per heavy atom. The third-order valence-corrected chi connectivity index (χ3v) is 2.29. The van der Waals surface area contributed by atoms with Crippen molar-refractivity contribution in [3.63, 3.8) is 0 Å². The molecule has 0 aliphatic carbocycles. The summed E-state index contributed by atoms with van der Waals surface area (Å²) >= 11 is 0. The Balaban J connectivity index is 3.31. The Kier molecular flexibility index (Phi) is 3.53. The average molecular weight is 206 g/mol. The molecule has 1 aromatic carbocycles. The van der Waals surface area contributed by atoms with E-state index >= 15 is 0 Å². The van der Waals surface area contributed by atoms with Crippen LogP contribution >= 0.6 is 0 Å². The molecule has 0 aromatic heterocycles. The van der Waals surface area contributed by atoms with Gasteiger partial charge in [0, 0.05) is 17.7 Å². The van der Waals surface area contributed by atoms with Gasteiger partial charge in [-0.1, -0.05) is 6.92 Å². The fraction of sp³-hybridized carbons (Fsp3) is 0.364. The summed E-state index contributed by atoms with van der Waals surface area (Å²) in [5, 5.41) is 18.6. The molecular formula is C11H14N2O2. The normalized spacial score (nSPS) is 11.9. The number of nitrogens with two attached hydrogens (primary N) is 1. The highest BCUT2D eigenvalue weighted by Crippen LogP contribution is 2.35. The van der Waals surface area contributed by atoms with Crippen molar-refractivity contribution in [2.75, 3.05) is 7.11 Å². The zero-order valence-electron chi connectivity index (χ0n) is 8.82. The van der Waals surface area contributed by atoms with Crippen LogP contribution in [0.25, 0.3) is 0 Å². The molecular weight excluding hydrogens is 192 g/mol. The zero-order chi connectivity index (χ0) is 11.4. The van der Waals surface area contributed by atoms with Gasteiger partial charge in [-0.3, -0.25) is 0 Å². The number of hydrogen-bond acceptors (Lipinski definition) is 4. The number of methoxy groups -OCH3 is 1. The fourth-order valence-corrected chi connectivity index (χ4v) is 1.35. The van der Waals surface area contributed by atoms with Crippen LogP contribution in [0.1, 0.15) is 30.5 Å². The van der Waals surface area contributed by atoms with Gasteiger partial charge in [0.1, 0.15) is 0 Å². The molecule has 0 amide bonds. The molecule has 0 radical (unpaired) electrons.